The van der Waals surface area contributed by atoms with Crippen LogP contribution < -0.4 is 0 Å². The minimum atomic E-state index is -1.73. The van der Waals surface area contributed by atoms with E-state index >= 15 is 0 Å². The molecule has 0 aromatic carbocycles. The van der Waals surface area contributed by atoms with Gasteiger partial charge in [-0.3, -0.25) is 0 Å². The quantitative estimate of drug-likeness (QED) is 0.577. The van der Waals surface area contributed by atoms with Crippen molar-refractivity contribution in [3.63, 3.8) is 0 Å². The molecule has 4 heteroatoms. The molecule has 3 nitrogen and oxygen atoms in total. The molecule has 0 aromatic rings. The van der Waals surface area contributed by atoms with Crippen molar-refractivity contribution in [2.75, 3.05) is 6.61 Å². The SMILES string of the molecule is C=CC1OC(C)(C)O[C@@H]1CO[Si](C)(C)C(C)(C)C. The Morgan fingerprint density at radius 3 is 2.28 bits per heavy atom. The lowest BCUT2D eigenvalue weighted by Crippen LogP contribution is -2.43. The Kier molecular flexibility index (Phi) is 4.48. The van der Waals surface area contributed by atoms with Crippen molar-refractivity contribution >= 4 is 8.32 Å². The van der Waals surface area contributed by atoms with Gasteiger partial charge in [0.1, 0.15) is 12.2 Å². The molecule has 0 spiro atoms. The van der Waals surface area contributed by atoms with Crippen LogP contribution in [-0.2, 0) is 13.9 Å². The van der Waals surface area contributed by atoms with Gasteiger partial charge in [0.15, 0.2) is 14.1 Å². The maximum absolute atomic E-state index is 6.19. The van der Waals surface area contributed by atoms with Crippen LogP contribution in [0.3, 0.4) is 0 Å². The summed E-state index contributed by atoms with van der Waals surface area (Å²) in [6.45, 7) is 19.4. The highest BCUT2D eigenvalue weighted by Crippen LogP contribution is 2.37. The first kappa shape index (κ1) is 15.9. The fraction of sp³-hybridized carbons (Fsp3) is 0.857. The lowest BCUT2D eigenvalue weighted by atomic mass is 10.2. The minimum Gasteiger partial charge on any atom is -0.414 e. The summed E-state index contributed by atoms with van der Waals surface area (Å²) in [5.41, 5.74) is 0. The zero-order valence-electron chi connectivity index (χ0n) is 12.9. The molecule has 18 heavy (non-hydrogen) atoms. The van der Waals surface area contributed by atoms with Gasteiger partial charge in [0, 0.05) is 0 Å². The maximum atomic E-state index is 6.19. The van der Waals surface area contributed by atoms with Gasteiger partial charge < -0.3 is 13.9 Å². The summed E-state index contributed by atoms with van der Waals surface area (Å²) < 4.78 is 17.8. The number of hydrogen-bond donors (Lipinski definition) is 0. The Hall–Kier alpha value is -0.163. The fourth-order valence-corrected chi connectivity index (χ4v) is 2.71. The van der Waals surface area contributed by atoms with Crippen LogP contribution >= 0.6 is 0 Å². The highest BCUT2D eigenvalue weighted by molar-refractivity contribution is 6.74. The molecule has 1 aliphatic rings. The van der Waals surface area contributed by atoms with E-state index in [1.54, 1.807) is 6.08 Å². The van der Waals surface area contributed by atoms with Crippen molar-refractivity contribution in [2.24, 2.45) is 0 Å². The van der Waals surface area contributed by atoms with E-state index < -0.39 is 14.1 Å². The van der Waals surface area contributed by atoms with Crippen LogP contribution in [0.5, 0.6) is 0 Å². The molecule has 106 valence electrons. The van der Waals surface area contributed by atoms with E-state index in [1.165, 1.54) is 0 Å². The van der Waals surface area contributed by atoms with E-state index in [0.29, 0.717) is 6.61 Å². The molecular formula is C14H28O3Si. The van der Waals surface area contributed by atoms with Crippen LogP contribution in [0.15, 0.2) is 12.7 Å². The summed E-state index contributed by atoms with van der Waals surface area (Å²) in [6, 6.07) is 0. The first-order chi connectivity index (χ1) is 7.98. The molecule has 0 saturated carbocycles. The van der Waals surface area contributed by atoms with Gasteiger partial charge in [0.05, 0.1) is 6.61 Å². The second-order valence-electron chi connectivity index (χ2n) is 6.95. The third-order valence-corrected chi connectivity index (χ3v) is 8.37. The number of ether oxygens (including phenoxy) is 2. The second-order valence-corrected chi connectivity index (χ2v) is 11.8. The van der Waals surface area contributed by atoms with Gasteiger partial charge in [0.25, 0.3) is 0 Å². The molecule has 0 amide bonds. The molecule has 2 atom stereocenters. The van der Waals surface area contributed by atoms with Crippen LogP contribution in [0.1, 0.15) is 34.6 Å². The average Bonchev–Trinajstić information content (AvgIpc) is 2.48. The summed E-state index contributed by atoms with van der Waals surface area (Å²) in [4.78, 5) is 0. The predicted molar refractivity (Wildman–Crippen MR) is 77.2 cm³/mol. The smallest absolute Gasteiger partial charge is 0.192 e. The van der Waals surface area contributed by atoms with Gasteiger partial charge in [-0.1, -0.05) is 26.8 Å². The lowest BCUT2D eigenvalue weighted by molar-refractivity contribution is -0.145. The summed E-state index contributed by atoms with van der Waals surface area (Å²) in [7, 11) is -1.73. The number of rotatable bonds is 4. The van der Waals surface area contributed by atoms with Crippen LogP contribution in [0.4, 0.5) is 0 Å². The van der Waals surface area contributed by atoms with E-state index in [1.807, 2.05) is 13.8 Å². The highest BCUT2D eigenvalue weighted by atomic mass is 28.4. The predicted octanol–water partition coefficient (Wildman–Crippen LogP) is 3.71. The zero-order chi connectivity index (χ0) is 14.2. The summed E-state index contributed by atoms with van der Waals surface area (Å²) in [5, 5.41) is 0.214. The van der Waals surface area contributed by atoms with Crippen molar-refractivity contribution in [3.8, 4) is 0 Å². The summed E-state index contributed by atoms with van der Waals surface area (Å²) in [6.07, 6.45) is 1.67. The molecule has 1 aliphatic heterocycles. The molecule has 1 fully saturated rings. The molecule has 1 unspecified atom stereocenters. The van der Waals surface area contributed by atoms with E-state index in [9.17, 15) is 0 Å². The molecule has 1 saturated heterocycles. The fourth-order valence-electron chi connectivity index (χ4n) is 1.70. The number of hydrogen-bond acceptors (Lipinski definition) is 3. The summed E-state index contributed by atoms with van der Waals surface area (Å²) >= 11 is 0. The van der Waals surface area contributed by atoms with Crippen molar-refractivity contribution < 1.29 is 13.9 Å². The van der Waals surface area contributed by atoms with Crippen molar-refractivity contribution in [2.45, 2.75) is 70.7 Å². The second kappa shape index (κ2) is 5.08. The van der Waals surface area contributed by atoms with Gasteiger partial charge in [-0.2, -0.15) is 0 Å². The van der Waals surface area contributed by atoms with E-state index in [-0.39, 0.29) is 17.2 Å². The molecule has 0 radical (unpaired) electrons. The van der Waals surface area contributed by atoms with Crippen LogP contribution in [-0.4, -0.2) is 32.9 Å². The molecule has 1 rings (SSSR count). The lowest BCUT2D eigenvalue weighted by Gasteiger charge is -2.37. The third kappa shape index (κ3) is 3.67. The normalized spacial score (nSPS) is 28.4. The van der Waals surface area contributed by atoms with Gasteiger partial charge >= 0.3 is 0 Å². The van der Waals surface area contributed by atoms with Gasteiger partial charge in [-0.05, 0) is 32.0 Å². The van der Waals surface area contributed by atoms with Gasteiger partial charge in [0.2, 0.25) is 0 Å². The largest absolute Gasteiger partial charge is 0.414 e. The molecular weight excluding hydrogens is 244 g/mol. The highest BCUT2D eigenvalue weighted by Gasteiger charge is 2.43. The molecule has 0 N–H and O–H groups in total. The Balaban J connectivity index is 2.61. The minimum absolute atomic E-state index is 0.0494. The summed E-state index contributed by atoms with van der Waals surface area (Å²) in [5.74, 6) is -0.541. The Labute approximate surface area is 113 Å². The zero-order valence-corrected chi connectivity index (χ0v) is 13.9. The molecule has 1 heterocycles. The first-order valence-electron chi connectivity index (χ1n) is 6.61. The van der Waals surface area contributed by atoms with Crippen LogP contribution in [0, 0.1) is 0 Å². The van der Waals surface area contributed by atoms with Gasteiger partial charge in [-0.15, -0.1) is 6.58 Å². The maximum Gasteiger partial charge on any atom is 0.192 e. The van der Waals surface area contributed by atoms with E-state index in [2.05, 4.69) is 40.4 Å². The Morgan fingerprint density at radius 2 is 1.83 bits per heavy atom. The first-order valence-corrected chi connectivity index (χ1v) is 9.51. The van der Waals surface area contributed by atoms with Crippen molar-refractivity contribution in [1.29, 1.82) is 0 Å². The molecule has 0 aromatic heterocycles. The average molecular weight is 272 g/mol. The molecule has 0 bridgehead atoms. The Bertz CT molecular complexity index is 305. The third-order valence-electron chi connectivity index (χ3n) is 3.87. The van der Waals surface area contributed by atoms with Crippen molar-refractivity contribution in [3.05, 3.63) is 12.7 Å². The van der Waals surface area contributed by atoms with Crippen molar-refractivity contribution in [1.82, 2.24) is 0 Å². The Morgan fingerprint density at radius 1 is 1.28 bits per heavy atom. The monoisotopic (exact) mass is 272 g/mol. The van der Waals surface area contributed by atoms with E-state index in [4.69, 9.17) is 13.9 Å². The van der Waals surface area contributed by atoms with Gasteiger partial charge in [-0.25, -0.2) is 0 Å². The topological polar surface area (TPSA) is 27.7 Å². The standard InChI is InChI=1S/C14H28O3Si/c1-9-11-12(17-14(5,6)16-11)10-15-18(7,8)13(2,3)4/h9,11-12H,1,10H2,2-8H3/t11?,12-/m1/s1. The van der Waals surface area contributed by atoms with Crippen LogP contribution in [0.2, 0.25) is 18.1 Å². The molecule has 0 aliphatic carbocycles. The van der Waals surface area contributed by atoms with E-state index in [0.717, 1.165) is 0 Å². The van der Waals surface area contributed by atoms with Crippen LogP contribution in [0.25, 0.3) is 0 Å².